The highest BCUT2D eigenvalue weighted by Crippen LogP contribution is 2.20. The molecule has 1 aromatic rings. The number of hydrogen-bond donors (Lipinski definition) is 1. The molecule has 1 N–H and O–H groups in total. The zero-order chi connectivity index (χ0) is 10.0. The topological polar surface area (TPSA) is 37.3 Å². The monoisotopic (exact) mass is 178 g/mol. The number of benzene rings is 1. The van der Waals surface area contributed by atoms with Crippen molar-refractivity contribution in [1.82, 2.24) is 0 Å². The van der Waals surface area contributed by atoms with Gasteiger partial charge in [0.15, 0.2) is 6.29 Å². The molecule has 0 aliphatic heterocycles. The highest BCUT2D eigenvalue weighted by molar-refractivity contribution is 5.80. The quantitative estimate of drug-likeness (QED) is 0.702. The molecule has 0 aliphatic rings. The lowest BCUT2D eigenvalue weighted by Crippen LogP contribution is -1.99. The first-order valence-electron chi connectivity index (χ1n) is 4.27. The number of aliphatic hydroxyl groups is 1. The number of aryl methyl sites for hydroxylation is 1. The molecule has 0 amide bonds. The van der Waals surface area contributed by atoms with Gasteiger partial charge in [0, 0.05) is 5.56 Å². The minimum absolute atomic E-state index is 0.0344. The molecule has 0 atom stereocenters. The van der Waals surface area contributed by atoms with Crippen LogP contribution in [-0.4, -0.2) is 11.4 Å². The second kappa shape index (κ2) is 3.71. The van der Waals surface area contributed by atoms with Gasteiger partial charge in [-0.2, -0.15) is 0 Å². The SMILES string of the molecule is Cc1cc(CO)c(C)c(C)c1C=O. The zero-order valence-electron chi connectivity index (χ0n) is 8.22. The van der Waals surface area contributed by atoms with Gasteiger partial charge in [0.05, 0.1) is 6.61 Å². The minimum atomic E-state index is 0.0344. The Morgan fingerprint density at radius 3 is 2.38 bits per heavy atom. The van der Waals surface area contributed by atoms with Crippen LogP contribution in [0.3, 0.4) is 0 Å². The molecule has 0 bridgehead atoms. The predicted molar refractivity (Wildman–Crippen MR) is 52.0 cm³/mol. The Labute approximate surface area is 78.2 Å². The second-order valence-corrected chi connectivity index (χ2v) is 3.29. The van der Waals surface area contributed by atoms with Crippen LogP contribution in [0.4, 0.5) is 0 Å². The lowest BCUT2D eigenvalue weighted by atomic mass is 9.95. The maximum Gasteiger partial charge on any atom is 0.150 e. The van der Waals surface area contributed by atoms with Gasteiger partial charge in [-0.15, -0.1) is 0 Å². The van der Waals surface area contributed by atoms with Crippen LogP contribution in [0.25, 0.3) is 0 Å². The lowest BCUT2D eigenvalue weighted by molar-refractivity contribution is 0.112. The molecule has 1 aromatic carbocycles. The van der Waals surface area contributed by atoms with Gasteiger partial charge in [-0.05, 0) is 43.0 Å². The molecule has 0 saturated carbocycles. The summed E-state index contributed by atoms with van der Waals surface area (Å²) in [5, 5.41) is 9.04. The Morgan fingerprint density at radius 2 is 1.92 bits per heavy atom. The van der Waals surface area contributed by atoms with Gasteiger partial charge in [-0.25, -0.2) is 0 Å². The van der Waals surface area contributed by atoms with Crippen LogP contribution in [0.1, 0.15) is 32.6 Å². The van der Waals surface area contributed by atoms with Crippen molar-refractivity contribution >= 4 is 6.29 Å². The van der Waals surface area contributed by atoms with E-state index in [0.29, 0.717) is 0 Å². The highest BCUT2D eigenvalue weighted by atomic mass is 16.3. The molecular weight excluding hydrogens is 164 g/mol. The van der Waals surface area contributed by atoms with Crippen LogP contribution in [-0.2, 0) is 6.61 Å². The molecule has 0 heterocycles. The fraction of sp³-hybridized carbons (Fsp3) is 0.364. The minimum Gasteiger partial charge on any atom is -0.392 e. The molecule has 0 unspecified atom stereocenters. The van der Waals surface area contributed by atoms with Crippen molar-refractivity contribution in [2.45, 2.75) is 27.4 Å². The van der Waals surface area contributed by atoms with Gasteiger partial charge in [0.2, 0.25) is 0 Å². The largest absolute Gasteiger partial charge is 0.392 e. The highest BCUT2D eigenvalue weighted by Gasteiger charge is 2.08. The molecule has 1 rings (SSSR count). The first kappa shape index (κ1) is 9.93. The summed E-state index contributed by atoms with van der Waals surface area (Å²) in [4.78, 5) is 10.7. The van der Waals surface area contributed by atoms with Gasteiger partial charge in [-0.1, -0.05) is 6.07 Å². The first-order chi connectivity index (χ1) is 6.11. The Morgan fingerprint density at radius 1 is 1.31 bits per heavy atom. The van der Waals surface area contributed by atoms with Crippen molar-refractivity contribution in [3.63, 3.8) is 0 Å². The van der Waals surface area contributed by atoms with Crippen LogP contribution < -0.4 is 0 Å². The van der Waals surface area contributed by atoms with E-state index in [9.17, 15) is 4.79 Å². The van der Waals surface area contributed by atoms with E-state index in [2.05, 4.69) is 0 Å². The normalized spacial score (nSPS) is 10.2. The standard InChI is InChI=1S/C11H14O2/c1-7-4-10(5-12)8(2)9(3)11(7)6-13/h4,6,12H,5H2,1-3H3. The number of aldehydes is 1. The van der Waals surface area contributed by atoms with E-state index in [-0.39, 0.29) is 6.61 Å². The Hall–Kier alpha value is -1.15. The number of carbonyl (C=O) groups is 1. The van der Waals surface area contributed by atoms with Crippen LogP contribution >= 0.6 is 0 Å². The molecule has 0 aromatic heterocycles. The number of carbonyl (C=O) groups excluding carboxylic acids is 1. The van der Waals surface area contributed by atoms with Gasteiger partial charge in [0.1, 0.15) is 0 Å². The van der Waals surface area contributed by atoms with Crippen molar-refractivity contribution in [2.24, 2.45) is 0 Å². The van der Waals surface area contributed by atoms with Gasteiger partial charge >= 0.3 is 0 Å². The fourth-order valence-corrected chi connectivity index (χ4v) is 1.53. The predicted octanol–water partition coefficient (Wildman–Crippen LogP) is 1.92. The van der Waals surface area contributed by atoms with Crippen molar-refractivity contribution in [3.05, 3.63) is 33.9 Å². The zero-order valence-corrected chi connectivity index (χ0v) is 8.22. The third kappa shape index (κ3) is 1.63. The van der Waals surface area contributed by atoms with Gasteiger partial charge in [-0.3, -0.25) is 4.79 Å². The summed E-state index contributed by atoms with van der Waals surface area (Å²) in [5.41, 5.74) is 4.56. The molecule has 0 radical (unpaired) electrons. The molecule has 0 aliphatic carbocycles. The Bertz CT molecular complexity index is 340. The van der Waals surface area contributed by atoms with Crippen LogP contribution in [0.2, 0.25) is 0 Å². The molecule has 70 valence electrons. The third-order valence-electron chi connectivity index (χ3n) is 2.55. The maximum atomic E-state index is 10.7. The molecule has 13 heavy (non-hydrogen) atoms. The second-order valence-electron chi connectivity index (χ2n) is 3.29. The van der Waals surface area contributed by atoms with E-state index in [4.69, 9.17) is 5.11 Å². The fourth-order valence-electron chi connectivity index (χ4n) is 1.53. The summed E-state index contributed by atoms with van der Waals surface area (Å²) in [6, 6.07) is 1.87. The molecule has 2 heteroatoms. The maximum absolute atomic E-state index is 10.7. The van der Waals surface area contributed by atoms with E-state index >= 15 is 0 Å². The lowest BCUT2D eigenvalue weighted by Gasteiger charge is -2.11. The number of aliphatic hydroxyl groups excluding tert-OH is 1. The summed E-state index contributed by atoms with van der Waals surface area (Å²) in [5.74, 6) is 0. The molecule has 0 saturated heterocycles. The summed E-state index contributed by atoms with van der Waals surface area (Å²) in [6.07, 6.45) is 0.874. The smallest absolute Gasteiger partial charge is 0.150 e. The van der Waals surface area contributed by atoms with E-state index in [1.54, 1.807) is 0 Å². The average Bonchev–Trinajstić information content (AvgIpc) is 2.12. The average molecular weight is 178 g/mol. The van der Waals surface area contributed by atoms with Crippen LogP contribution in [0, 0.1) is 20.8 Å². The van der Waals surface area contributed by atoms with Crippen molar-refractivity contribution in [1.29, 1.82) is 0 Å². The molecule has 0 spiro atoms. The van der Waals surface area contributed by atoms with Gasteiger partial charge in [0.25, 0.3) is 0 Å². The summed E-state index contributed by atoms with van der Waals surface area (Å²) < 4.78 is 0. The summed E-state index contributed by atoms with van der Waals surface area (Å²) >= 11 is 0. The number of hydrogen-bond acceptors (Lipinski definition) is 2. The van der Waals surface area contributed by atoms with Crippen LogP contribution in [0.15, 0.2) is 6.07 Å². The van der Waals surface area contributed by atoms with E-state index in [1.165, 1.54) is 0 Å². The van der Waals surface area contributed by atoms with Crippen molar-refractivity contribution < 1.29 is 9.90 Å². The molecular formula is C11H14O2. The van der Waals surface area contributed by atoms with E-state index < -0.39 is 0 Å². The third-order valence-corrected chi connectivity index (χ3v) is 2.55. The summed E-state index contributed by atoms with van der Waals surface area (Å²) in [7, 11) is 0. The van der Waals surface area contributed by atoms with Crippen LogP contribution in [0.5, 0.6) is 0 Å². The summed E-state index contributed by atoms with van der Waals surface area (Å²) in [6.45, 7) is 5.75. The molecule has 2 nitrogen and oxygen atoms in total. The van der Waals surface area contributed by atoms with Crippen molar-refractivity contribution in [3.8, 4) is 0 Å². The Balaban J connectivity index is 3.45. The number of rotatable bonds is 2. The van der Waals surface area contributed by atoms with E-state index in [1.807, 2.05) is 26.8 Å². The Kier molecular flexibility index (Phi) is 2.83. The first-order valence-corrected chi connectivity index (χ1v) is 4.27. The van der Waals surface area contributed by atoms with E-state index in [0.717, 1.165) is 34.1 Å². The van der Waals surface area contributed by atoms with Gasteiger partial charge < -0.3 is 5.11 Å². The molecule has 0 fully saturated rings. The van der Waals surface area contributed by atoms with Crippen molar-refractivity contribution in [2.75, 3.05) is 0 Å².